The van der Waals surface area contributed by atoms with Crippen molar-refractivity contribution in [3.05, 3.63) is 34.6 Å². The van der Waals surface area contributed by atoms with Crippen LogP contribution in [-0.4, -0.2) is 44.5 Å². The molecule has 1 fully saturated rings. The van der Waals surface area contributed by atoms with Gasteiger partial charge >= 0.3 is 5.97 Å². The first-order chi connectivity index (χ1) is 11.0. The van der Waals surface area contributed by atoms with Crippen LogP contribution >= 0.6 is 11.3 Å². The lowest BCUT2D eigenvalue weighted by Gasteiger charge is -2.30. The zero-order valence-corrected chi connectivity index (χ0v) is 14.0. The predicted octanol–water partition coefficient (Wildman–Crippen LogP) is 2.49. The summed E-state index contributed by atoms with van der Waals surface area (Å²) in [5.74, 6) is -1.38. The van der Waals surface area contributed by atoms with Crippen molar-refractivity contribution < 1.29 is 14.7 Å². The Hall–Kier alpha value is -2.15. The molecule has 0 radical (unpaired) electrons. The van der Waals surface area contributed by atoms with E-state index in [1.54, 1.807) is 11.1 Å². The van der Waals surface area contributed by atoms with Crippen LogP contribution < -0.4 is 0 Å². The molecule has 0 aromatic carbocycles. The maximum absolute atomic E-state index is 12.8. The highest BCUT2D eigenvalue weighted by molar-refractivity contribution is 7.12. The maximum Gasteiger partial charge on any atom is 0.308 e. The lowest BCUT2D eigenvalue weighted by Crippen LogP contribution is -2.42. The summed E-state index contributed by atoms with van der Waals surface area (Å²) in [4.78, 5) is 30.0. The average Bonchev–Trinajstić information content (AvgIpc) is 3.14. The van der Waals surface area contributed by atoms with Gasteiger partial charge in [-0.25, -0.2) is 4.98 Å². The van der Waals surface area contributed by atoms with Crippen LogP contribution in [0.3, 0.4) is 0 Å². The molecule has 1 aliphatic heterocycles. The Labute approximate surface area is 138 Å². The summed E-state index contributed by atoms with van der Waals surface area (Å²) >= 11 is 1.52. The lowest BCUT2D eigenvalue weighted by atomic mass is 9.97. The predicted molar refractivity (Wildman–Crippen MR) is 87.2 cm³/mol. The van der Waals surface area contributed by atoms with Gasteiger partial charge < -0.3 is 10.0 Å². The fraction of sp³-hybridized carbons (Fsp3) is 0.438. The molecule has 1 atom stereocenters. The minimum Gasteiger partial charge on any atom is -0.481 e. The van der Waals surface area contributed by atoms with E-state index in [9.17, 15) is 14.7 Å². The molecule has 0 saturated carbocycles. The van der Waals surface area contributed by atoms with Gasteiger partial charge in [-0.3, -0.25) is 14.2 Å². The molecule has 0 spiro atoms. The van der Waals surface area contributed by atoms with Crippen molar-refractivity contribution in [3.63, 3.8) is 0 Å². The van der Waals surface area contributed by atoms with Crippen molar-refractivity contribution in [3.8, 4) is 5.13 Å². The molecular weight excluding hydrogens is 314 g/mol. The summed E-state index contributed by atoms with van der Waals surface area (Å²) < 4.78 is 1.97. The highest BCUT2D eigenvalue weighted by atomic mass is 32.1. The smallest absolute Gasteiger partial charge is 0.308 e. The SMILES string of the molecule is Cc1cc(C(=O)N2CCC[C@H](C(=O)O)C2)c(C)n1-c1nccs1. The molecule has 2 aromatic heterocycles. The zero-order valence-electron chi connectivity index (χ0n) is 13.2. The molecule has 6 nitrogen and oxygen atoms in total. The molecule has 0 bridgehead atoms. The molecule has 0 aliphatic carbocycles. The number of hydrogen-bond acceptors (Lipinski definition) is 4. The van der Waals surface area contributed by atoms with Crippen molar-refractivity contribution in [2.75, 3.05) is 13.1 Å². The second kappa shape index (κ2) is 6.16. The quantitative estimate of drug-likeness (QED) is 0.936. The Balaban J connectivity index is 1.89. The number of piperidine rings is 1. The maximum atomic E-state index is 12.8. The molecule has 23 heavy (non-hydrogen) atoms. The number of carbonyl (C=O) groups is 2. The molecule has 1 aliphatic rings. The van der Waals surface area contributed by atoms with Crippen molar-refractivity contribution in [2.45, 2.75) is 26.7 Å². The molecule has 1 N–H and O–H groups in total. The third-order valence-corrected chi connectivity index (χ3v) is 5.09. The van der Waals surface area contributed by atoms with Crippen LogP contribution in [0.15, 0.2) is 17.6 Å². The molecular formula is C16H19N3O3S. The molecule has 3 heterocycles. The van der Waals surface area contributed by atoms with Gasteiger partial charge in [-0.2, -0.15) is 0 Å². The number of aromatic nitrogens is 2. The summed E-state index contributed by atoms with van der Waals surface area (Å²) in [6.07, 6.45) is 3.10. The molecule has 7 heteroatoms. The lowest BCUT2D eigenvalue weighted by molar-refractivity contribution is -0.143. The minimum absolute atomic E-state index is 0.0909. The number of likely N-dealkylation sites (tertiary alicyclic amines) is 1. The van der Waals surface area contributed by atoms with Gasteiger partial charge in [-0.15, -0.1) is 11.3 Å². The third kappa shape index (κ3) is 2.88. The van der Waals surface area contributed by atoms with Crippen molar-refractivity contribution in [2.24, 2.45) is 5.92 Å². The van der Waals surface area contributed by atoms with Gasteiger partial charge in [0.15, 0.2) is 5.13 Å². The highest BCUT2D eigenvalue weighted by Gasteiger charge is 2.30. The normalized spacial score (nSPS) is 18.2. The Morgan fingerprint density at radius 1 is 1.39 bits per heavy atom. The van der Waals surface area contributed by atoms with Crippen molar-refractivity contribution in [1.29, 1.82) is 0 Å². The molecule has 1 amide bonds. The number of hydrogen-bond donors (Lipinski definition) is 1. The van der Waals surface area contributed by atoms with Crippen LogP contribution in [0.2, 0.25) is 0 Å². The number of aryl methyl sites for hydroxylation is 1. The second-order valence-corrected chi connectivity index (χ2v) is 6.74. The Morgan fingerprint density at radius 3 is 2.83 bits per heavy atom. The van der Waals surface area contributed by atoms with Gasteiger partial charge in [0.05, 0.1) is 11.5 Å². The van der Waals surface area contributed by atoms with Crippen LogP contribution in [-0.2, 0) is 4.79 Å². The number of amides is 1. The topological polar surface area (TPSA) is 75.4 Å². The van der Waals surface area contributed by atoms with Gasteiger partial charge in [0.2, 0.25) is 0 Å². The number of carboxylic acids is 1. The van der Waals surface area contributed by atoms with Crippen molar-refractivity contribution >= 4 is 23.2 Å². The first-order valence-electron chi connectivity index (χ1n) is 7.60. The Morgan fingerprint density at radius 2 is 2.17 bits per heavy atom. The Bertz CT molecular complexity index is 736. The fourth-order valence-corrected chi connectivity index (χ4v) is 3.89. The van der Waals surface area contributed by atoms with Gasteiger partial charge in [0.25, 0.3) is 5.91 Å². The standard InChI is InChI=1S/C16H19N3O3S/c1-10-8-13(11(2)19(10)16-17-5-7-23-16)14(20)18-6-3-4-12(9-18)15(21)22/h5,7-8,12H,3-4,6,9H2,1-2H3,(H,21,22)/t12-/m0/s1. The van der Waals surface area contributed by atoms with Crippen LogP contribution in [0.5, 0.6) is 0 Å². The highest BCUT2D eigenvalue weighted by Crippen LogP contribution is 2.25. The number of carboxylic acid groups (broad SMARTS) is 1. The van der Waals surface area contributed by atoms with E-state index in [1.807, 2.05) is 29.9 Å². The fourth-order valence-electron chi connectivity index (χ4n) is 3.13. The van der Waals surface area contributed by atoms with Crippen LogP contribution in [0.4, 0.5) is 0 Å². The van der Waals surface area contributed by atoms with E-state index in [2.05, 4.69) is 4.98 Å². The van der Waals surface area contributed by atoms with E-state index in [4.69, 9.17) is 0 Å². The van der Waals surface area contributed by atoms with Gasteiger partial charge in [0.1, 0.15) is 0 Å². The van der Waals surface area contributed by atoms with Gasteiger partial charge in [0, 0.05) is 36.1 Å². The monoisotopic (exact) mass is 333 g/mol. The minimum atomic E-state index is -0.823. The summed E-state index contributed by atoms with van der Waals surface area (Å²) in [7, 11) is 0. The van der Waals surface area contributed by atoms with Crippen LogP contribution in [0.1, 0.15) is 34.6 Å². The van der Waals surface area contributed by atoms with E-state index in [1.165, 1.54) is 11.3 Å². The summed E-state index contributed by atoms with van der Waals surface area (Å²) in [5, 5.41) is 11.9. The second-order valence-electron chi connectivity index (χ2n) is 5.86. The van der Waals surface area contributed by atoms with E-state index in [0.717, 1.165) is 22.9 Å². The molecule has 0 unspecified atom stereocenters. The third-order valence-electron chi connectivity index (χ3n) is 4.33. The van der Waals surface area contributed by atoms with Crippen molar-refractivity contribution in [1.82, 2.24) is 14.5 Å². The summed E-state index contributed by atoms with van der Waals surface area (Å²) in [6, 6.07) is 1.86. The van der Waals surface area contributed by atoms with E-state index in [0.29, 0.717) is 18.5 Å². The number of thiazole rings is 1. The largest absolute Gasteiger partial charge is 0.481 e. The first-order valence-corrected chi connectivity index (χ1v) is 8.48. The zero-order chi connectivity index (χ0) is 16.6. The summed E-state index contributed by atoms with van der Waals surface area (Å²) in [5.41, 5.74) is 2.43. The van der Waals surface area contributed by atoms with E-state index >= 15 is 0 Å². The first kappa shape index (κ1) is 15.7. The van der Waals surface area contributed by atoms with Crippen LogP contribution in [0, 0.1) is 19.8 Å². The molecule has 2 aromatic rings. The average molecular weight is 333 g/mol. The van der Waals surface area contributed by atoms with Gasteiger partial charge in [-0.1, -0.05) is 0 Å². The van der Waals surface area contributed by atoms with E-state index < -0.39 is 11.9 Å². The summed E-state index contributed by atoms with van der Waals surface area (Å²) in [6.45, 7) is 4.75. The van der Waals surface area contributed by atoms with Crippen LogP contribution in [0.25, 0.3) is 5.13 Å². The number of nitrogens with zero attached hydrogens (tertiary/aromatic N) is 3. The van der Waals surface area contributed by atoms with E-state index in [-0.39, 0.29) is 12.5 Å². The molecule has 3 rings (SSSR count). The number of aliphatic carboxylic acids is 1. The van der Waals surface area contributed by atoms with Gasteiger partial charge in [-0.05, 0) is 32.8 Å². The molecule has 1 saturated heterocycles. The number of carbonyl (C=O) groups excluding carboxylic acids is 1. The number of rotatable bonds is 3. The molecule has 122 valence electrons. The Kier molecular flexibility index (Phi) is 4.21.